The molecule has 100 valence electrons. The van der Waals surface area contributed by atoms with Crippen molar-refractivity contribution in [3.05, 3.63) is 59.4 Å². The molecule has 0 spiro atoms. The second kappa shape index (κ2) is 5.29. The van der Waals surface area contributed by atoms with Gasteiger partial charge in [-0.2, -0.15) is 0 Å². The summed E-state index contributed by atoms with van der Waals surface area (Å²) in [7, 11) is 1.65. The van der Waals surface area contributed by atoms with Gasteiger partial charge in [-0.05, 0) is 47.4 Å². The maximum atomic E-state index is 12.2. The number of hydrogen-bond acceptors (Lipinski definition) is 3. The molecule has 0 atom stereocenters. The number of aromatic nitrogens is 1. The van der Waals surface area contributed by atoms with Crippen molar-refractivity contribution in [2.24, 2.45) is 0 Å². The molecule has 0 aliphatic heterocycles. The smallest absolute Gasteiger partial charge is 0.163 e. The van der Waals surface area contributed by atoms with E-state index in [0.717, 1.165) is 28.9 Å². The molecule has 3 nitrogen and oxygen atoms in total. The van der Waals surface area contributed by atoms with Gasteiger partial charge in [0.05, 0.1) is 7.11 Å². The van der Waals surface area contributed by atoms with Crippen LogP contribution in [-0.4, -0.2) is 17.9 Å². The fraction of sp³-hybridized carbons (Fsp3) is 0.176. The van der Waals surface area contributed by atoms with Gasteiger partial charge in [-0.15, -0.1) is 0 Å². The Labute approximate surface area is 117 Å². The number of allylic oxidation sites excluding steroid dienone is 1. The number of methoxy groups -OCH3 is 1. The molecule has 2 aromatic rings. The van der Waals surface area contributed by atoms with Crippen LogP contribution in [0.2, 0.25) is 0 Å². The van der Waals surface area contributed by atoms with E-state index in [1.165, 1.54) is 5.56 Å². The number of Topliss-reactive ketones (excluding diaryl/α,β-unsaturated/α-hetero) is 1. The van der Waals surface area contributed by atoms with Crippen LogP contribution in [0.25, 0.3) is 11.6 Å². The Kier molecular flexibility index (Phi) is 3.33. The number of ketones is 1. The van der Waals surface area contributed by atoms with E-state index in [1.807, 2.05) is 36.4 Å². The molecule has 1 aromatic carbocycles. The van der Waals surface area contributed by atoms with Crippen molar-refractivity contribution >= 4 is 17.4 Å². The van der Waals surface area contributed by atoms with Crippen LogP contribution in [0.3, 0.4) is 0 Å². The molecule has 0 radical (unpaired) electrons. The van der Waals surface area contributed by atoms with E-state index in [1.54, 1.807) is 19.5 Å². The van der Waals surface area contributed by atoms with Crippen LogP contribution in [0, 0.1) is 0 Å². The summed E-state index contributed by atoms with van der Waals surface area (Å²) in [5.74, 6) is 1.02. The number of carbonyl (C=O) groups excluding carboxylic acids is 1. The number of carbonyl (C=O) groups is 1. The predicted octanol–water partition coefficient (Wildman–Crippen LogP) is 3.15. The monoisotopic (exact) mass is 265 g/mol. The standard InChI is InChI=1S/C17H15NO2/c1-20-14-5-6-15-13(10-14)4-7-17(19)16(15)9-12-3-2-8-18-11-12/h2-3,5-6,8-11H,4,7H2,1H3. The third kappa shape index (κ3) is 2.35. The van der Waals surface area contributed by atoms with Crippen molar-refractivity contribution in [3.63, 3.8) is 0 Å². The fourth-order valence-corrected chi connectivity index (χ4v) is 2.49. The second-order valence-electron chi connectivity index (χ2n) is 4.79. The van der Waals surface area contributed by atoms with Gasteiger partial charge in [-0.1, -0.05) is 12.1 Å². The number of ether oxygens (including phenoxy) is 1. The van der Waals surface area contributed by atoms with E-state index in [-0.39, 0.29) is 5.78 Å². The Morgan fingerprint density at radius 3 is 2.90 bits per heavy atom. The molecular weight excluding hydrogens is 250 g/mol. The Bertz CT molecular complexity index is 675. The summed E-state index contributed by atoms with van der Waals surface area (Å²) in [4.78, 5) is 16.3. The average molecular weight is 265 g/mol. The molecular formula is C17H15NO2. The minimum absolute atomic E-state index is 0.187. The highest BCUT2D eigenvalue weighted by Crippen LogP contribution is 2.32. The van der Waals surface area contributed by atoms with Crippen molar-refractivity contribution in [1.29, 1.82) is 0 Å². The minimum Gasteiger partial charge on any atom is -0.497 e. The van der Waals surface area contributed by atoms with E-state index < -0.39 is 0 Å². The molecule has 20 heavy (non-hydrogen) atoms. The molecule has 0 N–H and O–H groups in total. The first-order valence-corrected chi connectivity index (χ1v) is 6.60. The fourth-order valence-electron chi connectivity index (χ4n) is 2.49. The summed E-state index contributed by atoms with van der Waals surface area (Å²) in [5.41, 5.74) is 3.88. The molecule has 1 heterocycles. The van der Waals surface area contributed by atoms with Crippen molar-refractivity contribution < 1.29 is 9.53 Å². The topological polar surface area (TPSA) is 39.2 Å². The van der Waals surface area contributed by atoms with Gasteiger partial charge >= 0.3 is 0 Å². The lowest BCUT2D eigenvalue weighted by atomic mass is 9.85. The quantitative estimate of drug-likeness (QED) is 0.783. The summed E-state index contributed by atoms with van der Waals surface area (Å²) < 4.78 is 5.25. The van der Waals surface area contributed by atoms with Crippen LogP contribution in [0.4, 0.5) is 0 Å². The molecule has 0 saturated heterocycles. The summed E-state index contributed by atoms with van der Waals surface area (Å²) in [5, 5.41) is 0. The first-order chi connectivity index (χ1) is 9.78. The van der Waals surface area contributed by atoms with Gasteiger partial charge in [0.15, 0.2) is 5.78 Å². The lowest BCUT2D eigenvalue weighted by molar-refractivity contribution is -0.113. The minimum atomic E-state index is 0.187. The number of nitrogens with zero attached hydrogens (tertiary/aromatic N) is 1. The van der Waals surface area contributed by atoms with Crippen LogP contribution in [0.1, 0.15) is 23.1 Å². The summed E-state index contributed by atoms with van der Waals surface area (Å²) in [6.45, 7) is 0. The molecule has 3 heteroatoms. The Morgan fingerprint density at radius 1 is 1.25 bits per heavy atom. The third-order valence-electron chi connectivity index (χ3n) is 3.52. The van der Waals surface area contributed by atoms with Gasteiger partial charge in [0, 0.05) is 24.4 Å². The number of pyridine rings is 1. The van der Waals surface area contributed by atoms with Gasteiger partial charge < -0.3 is 4.74 Å². The van der Waals surface area contributed by atoms with E-state index in [4.69, 9.17) is 4.74 Å². The zero-order chi connectivity index (χ0) is 13.9. The normalized spacial score (nSPS) is 16.1. The van der Waals surface area contributed by atoms with Crippen molar-refractivity contribution in [2.45, 2.75) is 12.8 Å². The first-order valence-electron chi connectivity index (χ1n) is 6.60. The Balaban J connectivity index is 2.08. The number of hydrogen-bond donors (Lipinski definition) is 0. The molecule has 3 rings (SSSR count). The highest BCUT2D eigenvalue weighted by molar-refractivity contribution is 6.26. The Hall–Kier alpha value is -2.42. The SMILES string of the molecule is COc1ccc2c(c1)CCC(=O)C2=Cc1cccnc1. The number of fused-ring (bicyclic) bond motifs is 1. The largest absolute Gasteiger partial charge is 0.497 e. The molecule has 0 bridgehead atoms. The van der Waals surface area contributed by atoms with E-state index in [9.17, 15) is 4.79 Å². The lowest BCUT2D eigenvalue weighted by Crippen LogP contribution is -2.12. The molecule has 1 aliphatic carbocycles. The second-order valence-corrected chi connectivity index (χ2v) is 4.79. The maximum absolute atomic E-state index is 12.2. The third-order valence-corrected chi connectivity index (χ3v) is 3.52. The van der Waals surface area contributed by atoms with Crippen LogP contribution in [0.15, 0.2) is 42.7 Å². The zero-order valence-electron chi connectivity index (χ0n) is 11.3. The zero-order valence-corrected chi connectivity index (χ0v) is 11.3. The molecule has 0 fully saturated rings. The number of aryl methyl sites for hydroxylation is 1. The number of rotatable bonds is 2. The average Bonchev–Trinajstić information content (AvgIpc) is 2.50. The van der Waals surface area contributed by atoms with Crippen LogP contribution >= 0.6 is 0 Å². The molecule has 0 amide bonds. The summed E-state index contributed by atoms with van der Waals surface area (Å²) >= 11 is 0. The molecule has 0 unspecified atom stereocenters. The summed E-state index contributed by atoms with van der Waals surface area (Å²) in [6, 6.07) is 9.69. The first kappa shape index (κ1) is 12.6. The van der Waals surface area contributed by atoms with Gasteiger partial charge in [-0.25, -0.2) is 0 Å². The molecule has 1 aromatic heterocycles. The maximum Gasteiger partial charge on any atom is 0.163 e. The molecule has 0 saturated carbocycles. The van der Waals surface area contributed by atoms with Gasteiger partial charge in [-0.3, -0.25) is 9.78 Å². The van der Waals surface area contributed by atoms with Gasteiger partial charge in [0.1, 0.15) is 5.75 Å². The van der Waals surface area contributed by atoms with Crippen LogP contribution in [-0.2, 0) is 11.2 Å². The highest BCUT2D eigenvalue weighted by atomic mass is 16.5. The predicted molar refractivity (Wildman–Crippen MR) is 78.4 cm³/mol. The van der Waals surface area contributed by atoms with Crippen molar-refractivity contribution in [3.8, 4) is 5.75 Å². The Morgan fingerprint density at radius 2 is 2.15 bits per heavy atom. The molecule has 1 aliphatic rings. The van der Waals surface area contributed by atoms with Gasteiger partial charge in [0.25, 0.3) is 0 Å². The summed E-state index contributed by atoms with van der Waals surface area (Å²) in [6.07, 6.45) is 6.73. The van der Waals surface area contributed by atoms with E-state index in [0.29, 0.717) is 6.42 Å². The lowest BCUT2D eigenvalue weighted by Gasteiger charge is -2.19. The van der Waals surface area contributed by atoms with Crippen LogP contribution in [0.5, 0.6) is 5.75 Å². The number of benzene rings is 1. The van der Waals surface area contributed by atoms with Gasteiger partial charge in [0.2, 0.25) is 0 Å². The van der Waals surface area contributed by atoms with Crippen LogP contribution < -0.4 is 4.74 Å². The van der Waals surface area contributed by atoms with E-state index in [2.05, 4.69) is 4.98 Å². The van der Waals surface area contributed by atoms with E-state index >= 15 is 0 Å². The van der Waals surface area contributed by atoms with Crippen molar-refractivity contribution in [2.75, 3.05) is 7.11 Å². The van der Waals surface area contributed by atoms with Crippen molar-refractivity contribution in [1.82, 2.24) is 4.98 Å². The highest BCUT2D eigenvalue weighted by Gasteiger charge is 2.21.